The number of hydrogen-bond donors (Lipinski definition) is 2. The molecule has 1 aliphatic rings. The molecule has 17 heavy (non-hydrogen) atoms. The third-order valence-electron chi connectivity index (χ3n) is 2.15. The quantitative estimate of drug-likeness (QED) is 0.531. The Balaban J connectivity index is 2.36. The van der Waals surface area contributed by atoms with Crippen molar-refractivity contribution in [1.82, 2.24) is 15.6 Å². The lowest BCUT2D eigenvalue weighted by molar-refractivity contribution is -0.123. The lowest BCUT2D eigenvalue weighted by atomic mass is 10.1. The van der Waals surface area contributed by atoms with Gasteiger partial charge in [-0.05, 0) is 25.1 Å². The zero-order valence-electron chi connectivity index (χ0n) is 8.98. The van der Waals surface area contributed by atoms with E-state index in [1.54, 1.807) is 25.1 Å². The maximum Gasteiger partial charge on any atom is 0.328 e. The number of aromatic nitrogens is 1. The molecule has 2 rings (SSSR count). The fraction of sp³-hybridized carbons (Fsp3) is 0.0909. The van der Waals surface area contributed by atoms with E-state index in [1.165, 1.54) is 6.08 Å². The third-order valence-corrected chi connectivity index (χ3v) is 2.15. The molecule has 6 nitrogen and oxygen atoms in total. The predicted molar refractivity (Wildman–Crippen MR) is 58.6 cm³/mol. The van der Waals surface area contributed by atoms with Gasteiger partial charge >= 0.3 is 6.03 Å². The fourth-order valence-corrected chi connectivity index (χ4v) is 1.40. The summed E-state index contributed by atoms with van der Waals surface area (Å²) in [6.45, 7) is 1.80. The standard InChI is InChI=1S/C11H9N3O3/c1-6-3-2-4-7(12-6)5-8-9(15)13-11(17)14-10(8)16/h2-5H,1H3,(H2,13,14,15,16,17). The van der Waals surface area contributed by atoms with E-state index in [4.69, 9.17) is 0 Å². The zero-order valence-corrected chi connectivity index (χ0v) is 8.98. The molecule has 0 spiro atoms. The Morgan fingerprint density at radius 2 is 1.76 bits per heavy atom. The van der Waals surface area contributed by atoms with Gasteiger partial charge in [0.1, 0.15) is 5.57 Å². The second-order valence-corrected chi connectivity index (χ2v) is 3.50. The number of aryl methyl sites for hydroxylation is 1. The van der Waals surface area contributed by atoms with Crippen molar-refractivity contribution in [3.8, 4) is 0 Å². The molecule has 4 amide bonds. The van der Waals surface area contributed by atoms with Gasteiger partial charge in [0.05, 0.1) is 5.69 Å². The van der Waals surface area contributed by atoms with Crippen molar-refractivity contribution in [1.29, 1.82) is 0 Å². The Bertz CT molecular complexity index is 527. The van der Waals surface area contributed by atoms with Gasteiger partial charge in [-0.25, -0.2) is 4.79 Å². The monoisotopic (exact) mass is 231 g/mol. The van der Waals surface area contributed by atoms with E-state index in [-0.39, 0.29) is 5.57 Å². The van der Waals surface area contributed by atoms with Gasteiger partial charge in [-0.2, -0.15) is 0 Å². The second kappa shape index (κ2) is 4.17. The Kier molecular flexibility index (Phi) is 2.70. The number of amides is 4. The first-order chi connectivity index (χ1) is 8.06. The number of carbonyl (C=O) groups is 3. The van der Waals surface area contributed by atoms with Crippen LogP contribution in [0.3, 0.4) is 0 Å². The van der Waals surface area contributed by atoms with Gasteiger partial charge in [-0.15, -0.1) is 0 Å². The first-order valence-corrected chi connectivity index (χ1v) is 4.88. The number of imide groups is 2. The Labute approximate surface area is 96.7 Å². The molecule has 1 aromatic rings. The van der Waals surface area contributed by atoms with E-state index < -0.39 is 17.8 Å². The number of nitrogens with zero attached hydrogens (tertiary/aromatic N) is 1. The largest absolute Gasteiger partial charge is 0.328 e. The highest BCUT2D eigenvalue weighted by Gasteiger charge is 2.27. The van der Waals surface area contributed by atoms with E-state index in [9.17, 15) is 14.4 Å². The molecule has 0 unspecified atom stereocenters. The average molecular weight is 231 g/mol. The number of pyridine rings is 1. The summed E-state index contributed by atoms with van der Waals surface area (Å²) in [5.41, 5.74) is 1.12. The number of barbiturate groups is 1. The van der Waals surface area contributed by atoms with Gasteiger partial charge in [0.25, 0.3) is 11.8 Å². The van der Waals surface area contributed by atoms with Crippen LogP contribution in [0.1, 0.15) is 11.4 Å². The highest BCUT2D eigenvalue weighted by Crippen LogP contribution is 2.08. The smallest absolute Gasteiger partial charge is 0.273 e. The van der Waals surface area contributed by atoms with Crippen LogP contribution in [0.25, 0.3) is 6.08 Å². The first-order valence-electron chi connectivity index (χ1n) is 4.88. The molecule has 0 saturated carbocycles. The number of nitrogens with one attached hydrogen (secondary N) is 2. The number of hydrogen-bond acceptors (Lipinski definition) is 4. The van der Waals surface area contributed by atoms with Crippen molar-refractivity contribution in [2.45, 2.75) is 6.92 Å². The van der Waals surface area contributed by atoms with Gasteiger partial charge in [0.2, 0.25) is 0 Å². The Morgan fingerprint density at radius 1 is 1.12 bits per heavy atom. The van der Waals surface area contributed by atoms with E-state index in [1.807, 2.05) is 10.6 Å². The zero-order chi connectivity index (χ0) is 12.4. The van der Waals surface area contributed by atoms with Crippen molar-refractivity contribution < 1.29 is 14.4 Å². The molecule has 6 heteroatoms. The molecular formula is C11H9N3O3. The van der Waals surface area contributed by atoms with Crippen molar-refractivity contribution >= 4 is 23.9 Å². The molecule has 2 N–H and O–H groups in total. The van der Waals surface area contributed by atoms with Crippen LogP contribution in [0.2, 0.25) is 0 Å². The SMILES string of the molecule is Cc1cccc(C=C2C(=O)NC(=O)NC2=O)n1. The average Bonchev–Trinajstić information content (AvgIpc) is 2.23. The summed E-state index contributed by atoms with van der Waals surface area (Å²) in [4.78, 5) is 37.8. The molecule has 1 aromatic heterocycles. The van der Waals surface area contributed by atoms with Crippen molar-refractivity contribution in [3.63, 3.8) is 0 Å². The fourth-order valence-electron chi connectivity index (χ4n) is 1.40. The Morgan fingerprint density at radius 3 is 2.35 bits per heavy atom. The lowest BCUT2D eigenvalue weighted by Crippen LogP contribution is -2.51. The maximum atomic E-state index is 11.4. The van der Waals surface area contributed by atoms with E-state index in [0.29, 0.717) is 5.69 Å². The molecule has 1 fully saturated rings. The first kappa shape index (κ1) is 11.0. The molecule has 0 aromatic carbocycles. The summed E-state index contributed by atoms with van der Waals surface area (Å²) in [5, 5.41) is 3.98. The van der Waals surface area contributed by atoms with Crippen LogP contribution in [-0.2, 0) is 9.59 Å². The molecular weight excluding hydrogens is 222 g/mol. The molecule has 2 heterocycles. The predicted octanol–water partition coefficient (Wildman–Crippen LogP) is 0.139. The van der Waals surface area contributed by atoms with Crippen LogP contribution >= 0.6 is 0 Å². The molecule has 0 aliphatic carbocycles. The number of carbonyl (C=O) groups excluding carboxylic acids is 3. The maximum absolute atomic E-state index is 11.4. The van der Waals surface area contributed by atoms with Crippen LogP contribution in [0.4, 0.5) is 4.79 Å². The molecule has 86 valence electrons. The van der Waals surface area contributed by atoms with Crippen molar-refractivity contribution in [3.05, 3.63) is 35.2 Å². The Hall–Kier alpha value is -2.50. The normalized spacial score (nSPS) is 15.4. The molecule has 1 saturated heterocycles. The minimum absolute atomic E-state index is 0.136. The topological polar surface area (TPSA) is 88.2 Å². The van der Waals surface area contributed by atoms with Crippen LogP contribution in [0, 0.1) is 6.92 Å². The van der Waals surface area contributed by atoms with E-state index in [2.05, 4.69) is 4.98 Å². The van der Waals surface area contributed by atoms with Crippen LogP contribution < -0.4 is 10.6 Å². The summed E-state index contributed by atoms with van der Waals surface area (Å²) in [7, 11) is 0. The van der Waals surface area contributed by atoms with Gasteiger partial charge in [0.15, 0.2) is 0 Å². The van der Waals surface area contributed by atoms with Gasteiger partial charge in [-0.1, -0.05) is 6.07 Å². The van der Waals surface area contributed by atoms with Crippen LogP contribution in [0.5, 0.6) is 0 Å². The van der Waals surface area contributed by atoms with Crippen molar-refractivity contribution in [2.24, 2.45) is 0 Å². The number of rotatable bonds is 1. The summed E-state index contributed by atoms with van der Waals surface area (Å²) < 4.78 is 0. The summed E-state index contributed by atoms with van der Waals surface area (Å²) in [5.74, 6) is -1.44. The molecule has 0 radical (unpaired) electrons. The summed E-state index contributed by atoms with van der Waals surface area (Å²) in [6, 6.07) is 4.41. The van der Waals surface area contributed by atoms with Crippen molar-refractivity contribution in [2.75, 3.05) is 0 Å². The van der Waals surface area contributed by atoms with Crippen LogP contribution in [0.15, 0.2) is 23.8 Å². The lowest BCUT2D eigenvalue weighted by Gasteiger charge is -2.13. The van der Waals surface area contributed by atoms with Gasteiger partial charge in [-0.3, -0.25) is 25.2 Å². The molecule has 0 atom stereocenters. The second-order valence-electron chi connectivity index (χ2n) is 3.50. The van der Waals surface area contributed by atoms with Gasteiger partial charge in [0, 0.05) is 5.69 Å². The minimum atomic E-state index is -0.811. The summed E-state index contributed by atoms with van der Waals surface area (Å²) >= 11 is 0. The highest BCUT2D eigenvalue weighted by atomic mass is 16.2. The highest BCUT2D eigenvalue weighted by molar-refractivity contribution is 6.31. The molecule has 1 aliphatic heterocycles. The summed E-state index contributed by atoms with van der Waals surface area (Å²) in [6.07, 6.45) is 1.34. The number of urea groups is 1. The van der Waals surface area contributed by atoms with Crippen LogP contribution in [-0.4, -0.2) is 22.8 Å². The third kappa shape index (κ3) is 2.36. The van der Waals surface area contributed by atoms with Gasteiger partial charge < -0.3 is 0 Å². The molecule has 0 bridgehead atoms. The van der Waals surface area contributed by atoms with E-state index in [0.717, 1.165) is 5.69 Å². The minimum Gasteiger partial charge on any atom is -0.273 e. The van der Waals surface area contributed by atoms with E-state index >= 15 is 0 Å².